The molecule has 0 bridgehead atoms. The van der Waals surface area contributed by atoms with Gasteiger partial charge in [-0.25, -0.2) is 0 Å². The van der Waals surface area contributed by atoms with Crippen molar-refractivity contribution in [1.29, 1.82) is 0 Å². The lowest BCUT2D eigenvalue weighted by Crippen LogP contribution is -2.36. The molecule has 0 radical (unpaired) electrons. The predicted octanol–water partition coefficient (Wildman–Crippen LogP) is 2.99. The van der Waals surface area contributed by atoms with Crippen molar-refractivity contribution < 1.29 is 9.47 Å². The van der Waals surface area contributed by atoms with Crippen LogP contribution in [0.4, 0.5) is 0 Å². The summed E-state index contributed by atoms with van der Waals surface area (Å²) in [6.45, 7) is 16.0. The third-order valence-electron chi connectivity index (χ3n) is 2.13. The van der Waals surface area contributed by atoms with Gasteiger partial charge >= 0.3 is 0 Å². The Hall–Kier alpha value is -0.120. The van der Waals surface area contributed by atoms with Gasteiger partial charge in [0.1, 0.15) is 0 Å². The Labute approximate surface area is 107 Å². The minimum Gasteiger partial charge on any atom is -0.379 e. The summed E-state index contributed by atoms with van der Waals surface area (Å²) in [5.74, 6) is 0. The molecular formula is C14H31NO2. The average Bonchev–Trinajstić information content (AvgIpc) is 2.11. The lowest BCUT2D eigenvalue weighted by molar-refractivity contribution is -0.0351. The number of rotatable bonds is 8. The third kappa shape index (κ3) is 15.9. The quantitative estimate of drug-likeness (QED) is 0.667. The van der Waals surface area contributed by atoms with Gasteiger partial charge in [0.05, 0.1) is 18.8 Å². The standard InChI is InChI=1S/C14H31NO2/c1-13(2,3)15-9-7-8-10-16-11-12-17-14(4,5)6/h15H,7-12H2,1-6H3. The Balaban J connectivity index is 3.15. The van der Waals surface area contributed by atoms with E-state index in [4.69, 9.17) is 9.47 Å². The second-order valence-electron chi connectivity index (χ2n) is 6.46. The highest BCUT2D eigenvalue weighted by atomic mass is 16.5. The zero-order chi connectivity index (χ0) is 13.4. The van der Waals surface area contributed by atoms with E-state index < -0.39 is 0 Å². The summed E-state index contributed by atoms with van der Waals surface area (Å²) in [6.07, 6.45) is 2.27. The van der Waals surface area contributed by atoms with Crippen LogP contribution in [0.3, 0.4) is 0 Å². The molecule has 0 spiro atoms. The molecule has 1 N–H and O–H groups in total. The molecule has 0 aliphatic rings. The fraction of sp³-hybridized carbons (Fsp3) is 1.00. The lowest BCUT2D eigenvalue weighted by atomic mass is 10.1. The number of nitrogens with one attached hydrogen (secondary N) is 1. The van der Waals surface area contributed by atoms with E-state index >= 15 is 0 Å². The largest absolute Gasteiger partial charge is 0.379 e. The summed E-state index contributed by atoms with van der Waals surface area (Å²) in [5, 5.41) is 3.46. The van der Waals surface area contributed by atoms with Crippen molar-refractivity contribution in [2.24, 2.45) is 0 Å². The van der Waals surface area contributed by atoms with Crippen LogP contribution in [0.15, 0.2) is 0 Å². The van der Waals surface area contributed by atoms with Crippen LogP contribution in [0.25, 0.3) is 0 Å². The average molecular weight is 245 g/mol. The van der Waals surface area contributed by atoms with Crippen molar-refractivity contribution in [3.05, 3.63) is 0 Å². The van der Waals surface area contributed by atoms with E-state index in [2.05, 4.69) is 46.9 Å². The molecule has 0 aliphatic heterocycles. The first-order valence-corrected chi connectivity index (χ1v) is 6.67. The van der Waals surface area contributed by atoms with E-state index in [1.54, 1.807) is 0 Å². The van der Waals surface area contributed by atoms with E-state index in [1.807, 2.05) is 0 Å². The molecule has 0 rings (SSSR count). The summed E-state index contributed by atoms with van der Waals surface area (Å²) in [4.78, 5) is 0. The third-order valence-corrected chi connectivity index (χ3v) is 2.13. The van der Waals surface area contributed by atoms with Gasteiger partial charge in [0, 0.05) is 12.1 Å². The number of hydrogen-bond acceptors (Lipinski definition) is 3. The first kappa shape index (κ1) is 16.9. The van der Waals surface area contributed by atoms with Gasteiger partial charge in [-0.1, -0.05) is 0 Å². The van der Waals surface area contributed by atoms with Crippen LogP contribution in [-0.4, -0.2) is 37.5 Å². The summed E-state index contributed by atoms with van der Waals surface area (Å²) in [6, 6.07) is 0. The highest BCUT2D eigenvalue weighted by Crippen LogP contribution is 2.05. The summed E-state index contributed by atoms with van der Waals surface area (Å²) >= 11 is 0. The first-order chi connectivity index (χ1) is 7.71. The van der Waals surface area contributed by atoms with E-state index in [9.17, 15) is 0 Å². The maximum Gasteiger partial charge on any atom is 0.0707 e. The van der Waals surface area contributed by atoms with Gasteiger partial charge in [-0.2, -0.15) is 0 Å². The monoisotopic (exact) mass is 245 g/mol. The van der Waals surface area contributed by atoms with Crippen molar-refractivity contribution in [2.75, 3.05) is 26.4 Å². The number of ether oxygens (including phenoxy) is 2. The highest BCUT2D eigenvalue weighted by Gasteiger charge is 2.09. The summed E-state index contributed by atoms with van der Waals surface area (Å²) in [5.41, 5.74) is 0.168. The van der Waals surface area contributed by atoms with Gasteiger partial charge in [0.15, 0.2) is 0 Å². The molecular weight excluding hydrogens is 214 g/mol. The minimum absolute atomic E-state index is 0.0556. The Morgan fingerprint density at radius 1 is 0.824 bits per heavy atom. The molecule has 0 atom stereocenters. The van der Waals surface area contributed by atoms with Crippen LogP contribution in [0.2, 0.25) is 0 Å². The van der Waals surface area contributed by atoms with Gasteiger partial charge in [0.2, 0.25) is 0 Å². The van der Waals surface area contributed by atoms with Crippen LogP contribution in [0.5, 0.6) is 0 Å². The minimum atomic E-state index is -0.0556. The van der Waals surface area contributed by atoms with Crippen LogP contribution >= 0.6 is 0 Å². The molecule has 0 amide bonds. The molecule has 0 aromatic rings. The number of unbranched alkanes of at least 4 members (excludes halogenated alkanes) is 1. The molecule has 0 saturated carbocycles. The molecule has 17 heavy (non-hydrogen) atoms. The Morgan fingerprint density at radius 3 is 2.00 bits per heavy atom. The maximum atomic E-state index is 5.56. The first-order valence-electron chi connectivity index (χ1n) is 6.67. The summed E-state index contributed by atoms with van der Waals surface area (Å²) in [7, 11) is 0. The Morgan fingerprint density at radius 2 is 1.47 bits per heavy atom. The molecule has 0 aromatic heterocycles. The molecule has 0 fully saturated rings. The van der Waals surface area contributed by atoms with Crippen LogP contribution in [-0.2, 0) is 9.47 Å². The molecule has 0 heterocycles. The Kier molecular flexibility index (Phi) is 8.01. The summed E-state index contributed by atoms with van der Waals surface area (Å²) < 4.78 is 11.1. The fourth-order valence-electron chi connectivity index (χ4n) is 1.30. The van der Waals surface area contributed by atoms with Crippen molar-refractivity contribution in [3.8, 4) is 0 Å². The highest BCUT2D eigenvalue weighted by molar-refractivity contribution is 4.69. The van der Waals surface area contributed by atoms with Crippen LogP contribution in [0.1, 0.15) is 54.4 Å². The van der Waals surface area contributed by atoms with Crippen LogP contribution < -0.4 is 5.32 Å². The van der Waals surface area contributed by atoms with Crippen molar-refractivity contribution in [2.45, 2.75) is 65.5 Å². The zero-order valence-corrected chi connectivity index (χ0v) is 12.6. The topological polar surface area (TPSA) is 30.5 Å². The SMILES string of the molecule is CC(C)(C)NCCCCOCCOC(C)(C)C. The molecule has 0 unspecified atom stereocenters. The van der Waals surface area contributed by atoms with Gasteiger partial charge in [-0.15, -0.1) is 0 Å². The smallest absolute Gasteiger partial charge is 0.0707 e. The fourth-order valence-corrected chi connectivity index (χ4v) is 1.30. The van der Waals surface area contributed by atoms with Gasteiger partial charge < -0.3 is 14.8 Å². The van der Waals surface area contributed by atoms with Crippen LogP contribution in [0, 0.1) is 0 Å². The second kappa shape index (κ2) is 8.06. The maximum absolute atomic E-state index is 5.56. The van der Waals surface area contributed by atoms with Gasteiger partial charge in [-0.3, -0.25) is 0 Å². The van der Waals surface area contributed by atoms with E-state index in [1.165, 1.54) is 0 Å². The van der Waals surface area contributed by atoms with Crippen molar-refractivity contribution in [3.63, 3.8) is 0 Å². The normalized spacial score (nSPS) is 13.1. The van der Waals surface area contributed by atoms with E-state index in [0.717, 1.165) is 26.0 Å². The second-order valence-corrected chi connectivity index (χ2v) is 6.46. The Bertz CT molecular complexity index is 160. The predicted molar refractivity (Wildman–Crippen MR) is 73.5 cm³/mol. The molecule has 0 aliphatic carbocycles. The van der Waals surface area contributed by atoms with E-state index in [0.29, 0.717) is 13.2 Å². The molecule has 104 valence electrons. The molecule has 0 aromatic carbocycles. The van der Waals surface area contributed by atoms with Crippen molar-refractivity contribution >= 4 is 0 Å². The molecule has 3 heteroatoms. The zero-order valence-electron chi connectivity index (χ0n) is 12.6. The van der Waals surface area contributed by atoms with Gasteiger partial charge in [0.25, 0.3) is 0 Å². The number of hydrogen-bond donors (Lipinski definition) is 1. The van der Waals surface area contributed by atoms with Crippen molar-refractivity contribution in [1.82, 2.24) is 5.32 Å². The molecule has 3 nitrogen and oxygen atoms in total. The lowest BCUT2D eigenvalue weighted by Gasteiger charge is -2.20. The van der Waals surface area contributed by atoms with Gasteiger partial charge in [-0.05, 0) is 60.9 Å². The van der Waals surface area contributed by atoms with E-state index in [-0.39, 0.29) is 11.1 Å². The molecule has 0 saturated heterocycles.